The topological polar surface area (TPSA) is 116 Å². The molecule has 7 nitrogen and oxygen atoms in total. The summed E-state index contributed by atoms with van der Waals surface area (Å²) in [5.74, 6) is -1.10. The number of carbonyl (C=O) groups excluding carboxylic acids is 1. The van der Waals surface area contributed by atoms with Crippen molar-refractivity contribution in [3.05, 3.63) is 0 Å². The molecule has 1 fully saturated rings. The SMILES string of the molecule is NCCNC(=O)N1C[C@H](O)C[C@H]1C(=O)O. The van der Waals surface area contributed by atoms with E-state index in [4.69, 9.17) is 10.8 Å². The summed E-state index contributed by atoms with van der Waals surface area (Å²) in [5.41, 5.74) is 5.20. The first-order valence-electron chi connectivity index (χ1n) is 4.71. The summed E-state index contributed by atoms with van der Waals surface area (Å²) in [6.07, 6.45) is -0.694. The summed E-state index contributed by atoms with van der Waals surface area (Å²) in [6, 6.07) is -1.44. The van der Waals surface area contributed by atoms with E-state index in [9.17, 15) is 14.7 Å². The van der Waals surface area contributed by atoms with Crippen molar-refractivity contribution in [2.45, 2.75) is 18.6 Å². The third-order valence-corrected chi connectivity index (χ3v) is 2.25. The predicted molar refractivity (Wildman–Crippen MR) is 51.2 cm³/mol. The Balaban J connectivity index is 2.58. The van der Waals surface area contributed by atoms with E-state index in [0.717, 1.165) is 4.90 Å². The van der Waals surface area contributed by atoms with E-state index in [0.29, 0.717) is 6.54 Å². The summed E-state index contributed by atoms with van der Waals surface area (Å²) in [5, 5.41) is 20.6. The fourth-order valence-corrected chi connectivity index (χ4v) is 1.55. The van der Waals surface area contributed by atoms with Gasteiger partial charge in [-0.3, -0.25) is 0 Å². The highest BCUT2D eigenvalue weighted by Gasteiger charge is 2.38. The minimum atomic E-state index is -1.10. The lowest BCUT2D eigenvalue weighted by Gasteiger charge is -2.21. The number of carboxylic acids is 1. The van der Waals surface area contributed by atoms with Gasteiger partial charge in [-0.25, -0.2) is 9.59 Å². The highest BCUT2D eigenvalue weighted by molar-refractivity contribution is 5.83. The van der Waals surface area contributed by atoms with Crippen LogP contribution < -0.4 is 11.1 Å². The van der Waals surface area contributed by atoms with Crippen molar-refractivity contribution < 1.29 is 19.8 Å². The highest BCUT2D eigenvalue weighted by Crippen LogP contribution is 2.17. The molecule has 0 aromatic heterocycles. The van der Waals surface area contributed by atoms with E-state index < -0.39 is 24.1 Å². The van der Waals surface area contributed by atoms with Crippen molar-refractivity contribution >= 4 is 12.0 Å². The number of urea groups is 1. The average molecular weight is 217 g/mol. The minimum absolute atomic E-state index is 0.0490. The van der Waals surface area contributed by atoms with Crippen LogP contribution in [0, 0.1) is 0 Å². The van der Waals surface area contributed by atoms with Gasteiger partial charge in [0.1, 0.15) is 6.04 Å². The molecule has 5 N–H and O–H groups in total. The van der Waals surface area contributed by atoms with Crippen LogP contribution in [0.5, 0.6) is 0 Å². The van der Waals surface area contributed by atoms with E-state index >= 15 is 0 Å². The third kappa shape index (κ3) is 2.80. The van der Waals surface area contributed by atoms with Crippen LogP contribution >= 0.6 is 0 Å². The van der Waals surface area contributed by atoms with Gasteiger partial charge in [-0.15, -0.1) is 0 Å². The van der Waals surface area contributed by atoms with Gasteiger partial charge in [0.2, 0.25) is 0 Å². The van der Waals surface area contributed by atoms with Gasteiger partial charge in [0.05, 0.1) is 6.10 Å². The standard InChI is InChI=1S/C8H15N3O4/c9-1-2-10-8(15)11-4-5(12)3-6(11)7(13)14/h5-6,12H,1-4,9H2,(H,10,15)(H,13,14)/t5-,6+/m1/s1. The van der Waals surface area contributed by atoms with Crippen molar-refractivity contribution in [1.29, 1.82) is 0 Å². The molecule has 2 atom stereocenters. The summed E-state index contributed by atoms with van der Waals surface area (Å²) >= 11 is 0. The van der Waals surface area contributed by atoms with Gasteiger partial charge < -0.3 is 26.2 Å². The number of nitrogens with one attached hydrogen (secondary N) is 1. The molecule has 2 amide bonds. The second-order valence-corrected chi connectivity index (χ2v) is 3.42. The molecule has 1 aliphatic rings. The minimum Gasteiger partial charge on any atom is -0.480 e. The Morgan fingerprint density at radius 1 is 1.53 bits per heavy atom. The number of aliphatic hydroxyl groups is 1. The number of carboxylic acid groups (broad SMARTS) is 1. The molecule has 1 saturated heterocycles. The van der Waals surface area contributed by atoms with Gasteiger partial charge in [0.15, 0.2) is 0 Å². The Labute approximate surface area is 86.8 Å². The van der Waals surface area contributed by atoms with Crippen LogP contribution in [0.2, 0.25) is 0 Å². The van der Waals surface area contributed by atoms with Gasteiger partial charge in [-0.1, -0.05) is 0 Å². The lowest BCUT2D eigenvalue weighted by molar-refractivity contribution is -0.141. The number of amides is 2. The zero-order chi connectivity index (χ0) is 11.4. The fraction of sp³-hybridized carbons (Fsp3) is 0.750. The van der Waals surface area contributed by atoms with E-state index in [-0.39, 0.29) is 19.5 Å². The number of nitrogens with two attached hydrogens (primary N) is 1. The van der Waals surface area contributed by atoms with Crippen molar-refractivity contribution in [3.8, 4) is 0 Å². The Bertz CT molecular complexity index is 258. The van der Waals surface area contributed by atoms with E-state index in [1.54, 1.807) is 0 Å². The van der Waals surface area contributed by atoms with Gasteiger partial charge >= 0.3 is 12.0 Å². The first kappa shape index (κ1) is 11.7. The highest BCUT2D eigenvalue weighted by atomic mass is 16.4. The Kier molecular flexibility index (Phi) is 3.87. The quantitative estimate of drug-likeness (QED) is 0.444. The number of rotatable bonds is 3. The van der Waals surface area contributed by atoms with Gasteiger partial charge in [-0.2, -0.15) is 0 Å². The van der Waals surface area contributed by atoms with Gasteiger partial charge in [0.25, 0.3) is 0 Å². The van der Waals surface area contributed by atoms with E-state index in [2.05, 4.69) is 5.32 Å². The number of hydrogen-bond donors (Lipinski definition) is 4. The maximum absolute atomic E-state index is 11.4. The molecule has 0 spiro atoms. The molecular formula is C8H15N3O4. The second-order valence-electron chi connectivity index (χ2n) is 3.42. The molecule has 1 aliphatic heterocycles. The average Bonchev–Trinajstić information content (AvgIpc) is 2.57. The van der Waals surface area contributed by atoms with Crippen LogP contribution in [-0.2, 0) is 4.79 Å². The number of nitrogens with zero attached hydrogens (tertiary/aromatic N) is 1. The fourth-order valence-electron chi connectivity index (χ4n) is 1.55. The zero-order valence-electron chi connectivity index (χ0n) is 8.22. The van der Waals surface area contributed by atoms with Crippen LogP contribution in [0.25, 0.3) is 0 Å². The molecule has 0 saturated carbocycles. The molecule has 1 heterocycles. The van der Waals surface area contributed by atoms with E-state index in [1.807, 2.05) is 0 Å². The van der Waals surface area contributed by atoms with Crippen LogP contribution in [-0.4, -0.2) is 58.9 Å². The van der Waals surface area contributed by atoms with Crippen LogP contribution in [0.4, 0.5) is 4.79 Å². The monoisotopic (exact) mass is 217 g/mol. The number of hydrogen-bond acceptors (Lipinski definition) is 4. The largest absolute Gasteiger partial charge is 0.480 e. The predicted octanol–water partition coefficient (Wildman–Crippen LogP) is -1.83. The molecule has 0 aromatic carbocycles. The molecule has 0 radical (unpaired) electrons. The number of β-amino-alcohol motifs (C(OH)–C–C–N with tert-alkyl or cyclic N) is 1. The molecule has 7 heteroatoms. The molecule has 0 aliphatic carbocycles. The first-order chi connectivity index (χ1) is 7.06. The lowest BCUT2D eigenvalue weighted by Crippen LogP contribution is -2.47. The smallest absolute Gasteiger partial charge is 0.326 e. The zero-order valence-corrected chi connectivity index (χ0v) is 8.22. The molecular weight excluding hydrogens is 202 g/mol. The van der Waals surface area contributed by atoms with E-state index in [1.165, 1.54) is 0 Å². The molecule has 0 unspecified atom stereocenters. The molecule has 15 heavy (non-hydrogen) atoms. The van der Waals surface area contributed by atoms with Crippen LogP contribution in [0.1, 0.15) is 6.42 Å². The van der Waals surface area contributed by atoms with Crippen molar-refractivity contribution in [3.63, 3.8) is 0 Å². The van der Waals surface area contributed by atoms with Crippen molar-refractivity contribution in [2.24, 2.45) is 5.73 Å². The number of aliphatic carboxylic acids is 1. The molecule has 1 rings (SSSR count). The van der Waals surface area contributed by atoms with Crippen LogP contribution in [0.15, 0.2) is 0 Å². The Morgan fingerprint density at radius 3 is 2.73 bits per heavy atom. The van der Waals surface area contributed by atoms with Gasteiger partial charge in [0, 0.05) is 26.1 Å². The molecule has 0 bridgehead atoms. The molecule has 0 aromatic rings. The third-order valence-electron chi connectivity index (χ3n) is 2.25. The van der Waals surface area contributed by atoms with Crippen molar-refractivity contribution in [2.75, 3.05) is 19.6 Å². The second kappa shape index (κ2) is 4.94. The number of likely N-dealkylation sites (tertiary alicyclic amines) is 1. The maximum Gasteiger partial charge on any atom is 0.326 e. The van der Waals surface area contributed by atoms with Gasteiger partial charge in [-0.05, 0) is 0 Å². The summed E-state index contributed by atoms with van der Waals surface area (Å²) in [6.45, 7) is 0.630. The maximum atomic E-state index is 11.4. The summed E-state index contributed by atoms with van der Waals surface area (Å²) in [7, 11) is 0. The first-order valence-corrected chi connectivity index (χ1v) is 4.71. The normalized spacial score (nSPS) is 25.3. The summed E-state index contributed by atoms with van der Waals surface area (Å²) < 4.78 is 0. The van der Waals surface area contributed by atoms with Crippen LogP contribution in [0.3, 0.4) is 0 Å². The number of carbonyl (C=O) groups is 2. The Morgan fingerprint density at radius 2 is 2.20 bits per heavy atom. The Hall–Kier alpha value is -1.34. The lowest BCUT2D eigenvalue weighted by atomic mass is 10.2. The molecule has 86 valence electrons. The summed E-state index contributed by atoms with van der Waals surface area (Å²) in [4.78, 5) is 23.3. The van der Waals surface area contributed by atoms with Crippen molar-refractivity contribution in [1.82, 2.24) is 10.2 Å². The number of aliphatic hydroxyl groups excluding tert-OH is 1.